The van der Waals surface area contributed by atoms with Crippen molar-refractivity contribution in [3.8, 4) is 12.3 Å². The fourth-order valence-electron chi connectivity index (χ4n) is 2.72. The lowest BCUT2D eigenvalue weighted by Crippen LogP contribution is -2.43. The van der Waals surface area contributed by atoms with E-state index < -0.39 is 30.2 Å². The molecule has 0 aliphatic carbocycles. The Hall–Kier alpha value is -2.41. The summed E-state index contributed by atoms with van der Waals surface area (Å²) in [5, 5.41) is 22.5. The zero-order valence-corrected chi connectivity index (χ0v) is 12.3. The molecule has 2 unspecified atom stereocenters. The lowest BCUT2D eigenvalue weighted by atomic mass is 9.95. The minimum Gasteiger partial charge on any atom is -0.391 e. The molecule has 122 valence electrons. The van der Waals surface area contributed by atoms with Crippen molar-refractivity contribution in [2.24, 2.45) is 10.7 Å². The van der Waals surface area contributed by atoms with Crippen LogP contribution < -0.4 is 11.1 Å². The van der Waals surface area contributed by atoms with Crippen molar-refractivity contribution < 1.29 is 19.3 Å². The van der Waals surface area contributed by atoms with E-state index in [0.717, 1.165) is 0 Å². The number of nitrogens with one attached hydrogen (secondary N) is 1. The third kappa shape index (κ3) is 2.11. The lowest BCUT2D eigenvalue weighted by Gasteiger charge is -2.25. The highest BCUT2D eigenvalue weighted by Crippen LogP contribution is 2.45. The zero-order valence-electron chi connectivity index (χ0n) is 12.3. The van der Waals surface area contributed by atoms with Crippen LogP contribution in [0, 0.1) is 12.3 Å². The highest BCUT2D eigenvalue weighted by molar-refractivity contribution is 5.93. The first-order valence-corrected chi connectivity index (χ1v) is 6.85. The summed E-state index contributed by atoms with van der Waals surface area (Å²) in [4.78, 5) is 8.15. The Morgan fingerprint density at radius 1 is 1.70 bits per heavy atom. The third-order valence-corrected chi connectivity index (χ3v) is 3.90. The zero-order chi connectivity index (χ0) is 16.9. The van der Waals surface area contributed by atoms with Gasteiger partial charge in [0.2, 0.25) is 5.67 Å². The number of rotatable bonds is 2. The van der Waals surface area contributed by atoms with E-state index in [1.165, 1.54) is 17.8 Å². The van der Waals surface area contributed by atoms with Crippen molar-refractivity contribution in [3.05, 3.63) is 18.6 Å². The topological polar surface area (TPSA) is 118 Å². The molecule has 0 spiro atoms. The second-order valence-corrected chi connectivity index (χ2v) is 5.48. The number of alkyl halides is 1. The Kier molecular flexibility index (Phi) is 3.40. The molecule has 0 amide bonds. The molecular formula is C14H16FN5O3. The van der Waals surface area contributed by atoms with Crippen molar-refractivity contribution in [1.29, 1.82) is 0 Å². The van der Waals surface area contributed by atoms with Gasteiger partial charge in [0.05, 0.1) is 18.1 Å². The lowest BCUT2D eigenvalue weighted by molar-refractivity contribution is -0.0782. The van der Waals surface area contributed by atoms with E-state index in [4.69, 9.17) is 16.9 Å². The number of ether oxygens (including phenoxy) is 1. The van der Waals surface area contributed by atoms with E-state index in [0.29, 0.717) is 11.4 Å². The number of aromatic nitrogens is 2. The van der Waals surface area contributed by atoms with Crippen LogP contribution in [0.5, 0.6) is 0 Å². The molecule has 9 heteroatoms. The van der Waals surface area contributed by atoms with E-state index in [1.807, 2.05) is 5.92 Å². The Morgan fingerprint density at radius 3 is 3.00 bits per heavy atom. The van der Waals surface area contributed by atoms with Gasteiger partial charge in [-0.1, -0.05) is 12.5 Å². The van der Waals surface area contributed by atoms with Crippen molar-refractivity contribution in [2.75, 3.05) is 0 Å². The number of terminal acetylenes is 1. The highest BCUT2D eigenvalue weighted by atomic mass is 19.1. The fourth-order valence-corrected chi connectivity index (χ4v) is 2.72. The smallest absolute Gasteiger partial charge is 0.243 e. The second kappa shape index (κ2) is 5.06. The molecule has 23 heavy (non-hydrogen) atoms. The van der Waals surface area contributed by atoms with Crippen LogP contribution in [0.15, 0.2) is 17.9 Å². The molecule has 1 fully saturated rings. The number of nitrogens with zero attached hydrogens (tertiary/aromatic N) is 3. The quantitative estimate of drug-likeness (QED) is 0.540. The summed E-state index contributed by atoms with van der Waals surface area (Å²) in [6, 6.07) is 0. The molecule has 5 atom stereocenters. The van der Waals surface area contributed by atoms with E-state index in [-0.39, 0.29) is 11.8 Å². The summed E-state index contributed by atoms with van der Waals surface area (Å²) in [6.45, 7) is 5.12. The molecule has 2 aliphatic heterocycles. The van der Waals surface area contributed by atoms with Gasteiger partial charge < -0.3 is 26.0 Å². The van der Waals surface area contributed by atoms with Crippen molar-refractivity contribution in [1.82, 2.24) is 14.9 Å². The van der Waals surface area contributed by atoms with Crippen LogP contribution in [0.2, 0.25) is 0 Å². The number of guanidine groups is 1. The Bertz CT molecular complexity index is 737. The van der Waals surface area contributed by atoms with E-state index in [1.54, 1.807) is 0 Å². The third-order valence-electron chi connectivity index (χ3n) is 3.90. The summed E-state index contributed by atoms with van der Waals surface area (Å²) in [6.07, 6.45) is 1.11. The van der Waals surface area contributed by atoms with Crippen molar-refractivity contribution >= 4 is 17.5 Å². The van der Waals surface area contributed by atoms with Gasteiger partial charge in [-0.25, -0.2) is 9.37 Å². The van der Waals surface area contributed by atoms with Crippen molar-refractivity contribution in [3.63, 3.8) is 0 Å². The number of aliphatic hydroxyl groups excluding tert-OH is 2. The number of halogens is 1. The molecule has 5 N–H and O–H groups in total. The predicted molar refractivity (Wildman–Crippen MR) is 79.9 cm³/mol. The van der Waals surface area contributed by atoms with Gasteiger partial charge in [0.1, 0.15) is 17.9 Å². The van der Waals surface area contributed by atoms with Gasteiger partial charge >= 0.3 is 0 Å². The van der Waals surface area contributed by atoms with Crippen LogP contribution in [0.4, 0.5) is 10.2 Å². The molecule has 1 aromatic rings. The molecule has 1 aromatic heterocycles. The van der Waals surface area contributed by atoms with Crippen molar-refractivity contribution in [2.45, 2.75) is 37.1 Å². The first kappa shape index (κ1) is 15.5. The summed E-state index contributed by atoms with van der Waals surface area (Å²) >= 11 is 0. The molecule has 0 saturated carbocycles. The molecule has 2 aliphatic rings. The molecule has 0 radical (unpaired) electrons. The number of imidazole rings is 1. The van der Waals surface area contributed by atoms with Gasteiger partial charge in [-0.05, 0) is 6.92 Å². The van der Waals surface area contributed by atoms with Crippen LogP contribution >= 0.6 is 0 Å². The number of aliphatic hydroxyl groups is 2. The van der Waals surface area contributed by atoms with Crippen LogP contribution in [-0.2, 0) is 4.74 Å². The molecule has 8 nitrogen and oxygen atoms in total. The number of fused-ring (bicyclic) bond motifs is 1. The molecule has 1 saturated heterocycles. The number of aliphatic imine (C=N–C) groups is 1. The SMILES string of the molecule is C#C[C@@]1(F)C(O)C([C@@H](C)O)O[C@H]1n1cnc2c1N=C(N)NC2=C. The Labute approximate surface area is 131 Å². The maximum absolute atomic E-state index is 15.1. The molecule has 0 bridgehead atoms. The van der Waals surface area contributed by atoms with Gasteiger partial charge in [0.15, 0.2) is 18.0 Å². The number of hydrogen-bond acceptors (Lipinski definition) is 7. The van der Waals surface area contributed by atoms with E-state index in [9.17, 15) is 10.2 Å². The highest BCUT2D eigenvalue weighted by Gasteiger charge is 2.59. The number of hydrogen-bond donors (Lipinski definition) is 4. The summed E-state index contributed by atoms with van der Waals surface area (Å²) in [5.41, 5.74) is 3.83. The van der Waals surface area contributed by atoms with Gasteiger partial charge in [-0.2, -0.15) is 4.99 Å². The maximum Gasteiger partial charge on any atom is 0.243 e. The van der Waals surface area contributed by atoms with Crippen LogP contribution in [0.3, 0.4) is 0 Å². The number of nitrogens with two attached hydrogens (primary N) is 1. The second-order valence-electron chi connectivity index (χ2n) is 5.48. The molecular weight excluding hydrogens is 305 g/mol. The van der Waals surface area contributed by atoms with Crippen LogP contribution in [0.1, 0.15) is 18.8 Å². The van der Waals surface area contributed by atoms with Gasteiger partial charge in [-0.3, -0.25) is 4.57 Å². The monoisotopic (exact) mass is 321 g/mol. The van der Waals surface area contributed by atoms with Gasteiger partial charge in [0, 0.05) is 0 Å². The minimum absolute atomic E-state index is 0.0556. The Balaban J connectivity index is 2.10. The largest absolute Gasteiger partial charge is 0.391 e. The van der Waals surface area contributed by atoms with E-state index in [2.05, 4.69) is 21.9 Å². The maximum atomic E-state index is 15.1. The van der Waals surface area contributed by atoms with Crippen LogP contribution in [-0.4, -0.2) is 49.7 Å². The first-order chi connectivity index (χ1) is 10.8. The molecule has 0 aromatic carbocycles. The normalized spacial score (nSPS) is 34.3. The molecule has 3 rings (SSSR count). The fraction of sp³-hybridized carbons (Fsp3) is 0.429. The van der Waals surface area contributed by atoms with Gasteiger partial charge in [0.25, 0.3) is 0 Å². The van der Waals surface area contributed by atoms with Crippen LogP contribution in [0.25, 0.3) is 5.70 Å². The minimum atomic E-state index is -2.56. The summed E-state index contributed by atoms with van der Waals surface area (Å²) in [5.74, 6) is 2.18. The standard InChI is InChI=1S/C14H16FN5O3/c1-4-14(15)10(22)9(7(3)21)23-12(14)20-5-17-8-6(2)18-13(16)19-11(8)20/h1,5,7,9-10,12,21-22H,2H2,3H3,(H3,16,18,19)/t7-,9?,10?,12-,14-/m1/s1. The van der Waals surface area contributed by atoms with E-state index >= 15 is 4.39 Å². The first-order valence-electron chi connectivity index (χ1n) is 6.85. The summed E-state index contributed by atoms with van der Waals surface area (Å²) in [7, 11) is 0. The molecule has 3 heterocycles. The Morgan fingerprint density at radius 2 is 2.39 bits per heavy atom. The average molecular weight is 321 g/mol. The van der Waals surface area contributed by atoms with Gasteiger partial charge in [-0.15, -0.1) is 6.42 Å². The average Bonchev–Trinajstić information content (AvgIpc) is 3.00. The predicted octanol–water partition coefficient (Wildman–Crippen LogP) is -0.616. The summed E-state index contributed by atoms with van der Waals surface area (Å²) < 4.78 is 21.9.